The highest BCUT2D eigenvalue weighted by Gasteiger charge is 2.39. The van der Waals surface area contributed by atoms with Gasteiger partial charge in [-0.25, -0.2) is 9.97 Å². The lowest BCUT2D eigenvalue weighted by molar-refractivity contribution is -0.136. The zero-order valence-electron chi connectivity index (χ0n) is 34.6. The number of Topliss-reactive ketones (excluding diaryl/α,β-unsaturated/α-hetero) is 1. The lowest BCUT2D eigenvalue weighted by Gasteiger charge is -2.39. The van der Waals surface area contributed by atoms with Crippen LogP contribution in [-0.4, -0.2) is 129 Å². The number of hydrogen-bond donors (Lipinski definition) is 2. The van der Waals surface area contributed by atoms with Crippen LogP contribution in [0.4, 0.5) is 23.1 Å². The van der Waals surface area contributed by atoms with Crippen molar-refractivity contribution in [1.29, 1.82) is 0 Å². The number of aromatic nitrogens is 4. The van der Waals surface area contributed by atoms with E-state index in [9.17, 15) is 24.0 Å². The average Bonchev–Trinajstić information content (AvgIpc) is 3.88. The van der Waals surface area contributed by atoms with Crippen molar-refractivity contribution in [3.63, 3.8) is 0 Å². The first kappa shape index (κ1) is 43.9. The number of piperazine rings is 2. The molecule has 3 saturated heterocycles. The van der Waals surface area contributed by atoms with E-state index in [-0.39, 0.29) is 71.9 Å². The molecule has 1 atom stereocenters. The summed E-state index contributed by atoms with van der Waals surface area (Å²) in [6, 6.07) is 9.41. The van der Waals surface area contributed by atoms with Gasteiger partial charge in [0.25, 0.3) is 11.5 Å². The fourth-order valence-electron chi connectivity index (χ4n) is 9.57. The van der Waals surface area contributed by atoms with Crippen LogP contribution in [0.2, 0.25) is 0 Å². The van der Waals surface area contributed by atoms with E-state index in [0.717, 1.165) is 108 Å². The van der Waals surface area contributed by atoms with Crippen LogP contribution in [0, 0.1) is 6.92 Å². The molecule has 61 heavy (non-hydrogen) atoms. The number of nitrogens with zero attached hydrogens (tertiary/aromatic N) is 9. The molecule has 4 aliphatic heterocycles. The monoisotopic (exact) mass is 873 g/mol. The summed E-state index contributed by atoms with van der Waals surface area (Å²) in [5, 5.41) is 6.32. The van der Waals surface area contributed by atoms with Gasteiger partial charge >= 0.3 is 0 Å². The molecule has 3 aromatic heterocycles. The largest absolute Gasteiger partial charge is 0.369 e. The maximum atomic E-state index is 13.6. The summed E-state index contributed by atoms with van der Waals surface area (Å²) >= 11 is 0. The van der Waals surface area contributed by atoms with Crippen LogP contribution in [0.15, 0.2) is 47.5 Å². The van der Waals surface area contributed by atoms with Crippen LogP contribution in [0.3, 0.4) is 0 Å². The summed E-state index contributed by atoms with van der Waals surface area (Å²) < 4.78 is 1.72. The summed E-state index contributed by atoms with van der Waals surface area (Å²) in [6.45, 7) is 13.2. The normalized spacial score (nSPS) is 20.1. The molecule has 1 aromatic carbocycles. The van der Waals surface area contributed by atoms with E-state index >= 15 is 0 Å². The minimum absolute atomic E-state index is 0. The van der Waals surface area contributed by atoms with Crippen molar-refractivity contribution in [3.8, 4) is 0 Å². The van der Waals surface area contributed by atoms with Crippen LogP contribution < -0.4 is 26.0 Å². The number of carbonyl (C=O) groups excluding carboxylic acids is 4. The molecule has 2 N–H and O–H groups in total. The van der Waals surface area contributed by atoms with E-state index in [1.54, 1.807) is 22.6 Å². The van der Waals surface area contributed by atoms with Crippen LogP contribution in [0.25, 0.3) is 11.0 Å². The second kappa shape index (κ2) is 18.4. The first-order chi connectivity index (χ1) is 28.6. The van der Waals surface area contributed by atoms with Crippen molar-refractivity contribution in [2.45, 2.75) is 71.0 Å². The molecule has 1 aliphatic carbocycles. The number of fused-ring (bicyclic) bond motifs is 2. The Morgan fingerprint density at radius 1 is 0.820 bits per heavy atom. The number of ketones is 1. The molecule has 5 aliphatic rings. The quantitative estimate of drug-likeness (QED) is 0.173. The van der Waals surface area contributed by atoms with Gasteiger partial charge in [-0.05, 0) is 74.6 Å². The maximum Gasteiger partial charge on any atom is 0.263 e. The number of carbonyl (C=O) groups is 4. The Kier molecular flexibility index (Phi) is 13.3. The van der Waals surface area contributed by atoms with Gasteiger partial charge in [0, 0.05) is 107 Å². The van der Waals surface area contributed by atoms with E-state index in [1.165, 1.54) is 6.92 Å². The standard InChI is InChI=1S/C43H51N11O5.2ClH/c1-27-34-25-45-43(48-39(34)54(30-5-3-4-6-30)42(59)38(27)28(2)55)46-36-11-8-32(24-44-36)52-21-17-50(18-22-52)14-13-49-15-19-51(20-16-49)31-7-9-33-29(23-31)26-53(41(33)58)35-10-12-37(56)47-40(35)57;;/h7-9,11,23-25,30,35H,3-6,10,12-22,26H2,1-2H3,(H,47,56,57)(H,44,45,46,48);2*1H. The molecule has 0 radical (unpaired) electrons. The number of aryl methyl sites for hydroxylation is 1. The molecular formula is C43H53Cl2N11O5. The number of amides is 3. The number of imide groups is 1. The van der Waals surface area contributed by atoms with E-state index in [0.29, 0.717) is 46.9 Å². The minimum Gasteiger partial charge on any atom is -0.369 e. The fourth-order valence-corrected chi connectivity index (χ4v) is 9.57. The number of benzene rings is 1. The number of nitrogens with one attached hydrogen (secondary N) is 2. The highest BCUT2D eigenvalue weighted by Crippen LogP contribution is 2.33. The Hall–Kier alpha value is -5.16. The molecule has 4 fully saturated rings. The van der Waals surface area contributed by atoms with Crippen molar-refractivity contribution in [2.75, 3.05) is 80.6 Å². The Morgan fingerprint density at radius 3 is 2.10 bits per heavy atom. The maximum absolute atomic E-state index is 13.6. The number of halogens is 2. The summed E-state index contributed by atoms with van der Waals surface area (Å²) in [5.74, 6) is -0.0743. The van der Waals surface area contributed by atoms with Gasteiger partial charge in [-0.15, -0.1) is 24.8 Å². The first-order valence-corrected chi connectivity index (χ1v) is 21.0. The predicted octanol–water partition coefficient (Wildman–Crippen LogP) is 4.11. The van der Waals surface area contributed by atoms with Gasteiger partial charge in [-0.3, -0.25) is 43.7 Å². The summed E-state index contributed by atoms with van der Waals surface area (Å²) in [7, 11) is 0. The molecule has 324 valence electrons. The van der Waals surface area contributed by atoms with Gasteiger partial charge < -0.3 is 20.0 Å². The third-order valence-electron chi connectivity index (χ3n) is 13.0. The second-order valence-electron chi connectivity index (χ2n) is 16.5. The molecule has 0 bridgehead atoms. The van der Waals surface area contributed by atoms with Gasteiger partial charge in [0.1, 0.15) is 17.5 Å². The average molecular weight is 875 g/mol. The van der Waals surface area contributed by atoms with Crippen LogP contribution in [-0.2, 0) is 16.1 Å². The predicted molar refractivity (Wildman–Crippen MR) is 238 cm³/mol. The lowest BCUT2D eigenvalue weighted by Crippen LogP contribution is -2.52. The van der Waals surface area contributed by atoms with Crippen LogP contribution in [0.5, 0.6) is 0 Å². The topological polar surface area (TPSA) is 169 Å². The Bertz CT molecular complexity index is 2370. The van der Waals surface area contributed by atoms with Gasteiger partial charge in [-0.1, -0.05) is 12.8 Å². The lowest BCUT2D eigenvalue weighted by atomic mass is 10.0. The third-order valence-corrected chi connectivity index (χ3v) is 13.0. The van der Waals surface area contributed by atoms with Crippen molar-refractivity contribution in [2.24, 2.45) is 0 Å². The fraction of sp³-hybridized carbons (Fsp3) is 0.488. The van der Waals surface area contributed by atoms with E-state index < -0.39 is 6.04 Å². The summed E-state index contributed by atoms with van der Waals surface area (Å²) in [4.78, 5) is 88.7. The molecule has 1 saturated carbocycles. The minimum atomic E-state index is -0.602. The van der Waals surface area contributed by atoms with E-state index in [4.69, 9.17) is 4.98 Å². The third kappa shape index (κ3) is 8.81. The number of rotatable bonds is 10. The molecule has 16 nitrogen and oxygen atoms in total. The van der Waals surface area contributed by atoms with Crippen molar-refractivity contribution in [3.05, 3.63) is 75.3 Å². The highest BCUT2D eigenvalue weighted by atomic mass is 35.5. The zero-order valence-corrected chi connectivity index (χ0v) is 36.2. The van der Waals surface area contributed by atoms with Gasteiger partial charge in [-0.2, -0.15) is 4.98 Å². The molecule has 7 heterocycles. The first-order valence-electron chi connectivity index (χ1n) is 21.0. The van der Waals surface area contributed by atoms with Gasteiger partial charge in [0.2, 0.25) is 17.8 Å². The molecule has 1 unspecified atom stereocenters. The van der Waals surface area contributed by atoms with Crippen molar-refractivity contribution < 1.29 is 19.2 Å². The van der Waals surface area contributed by atoms with Gasteiger partial charge in [0.05, 0.1) is 17.4 Å². The number of piperidine rings is 1. The van der Waals surface area contributed by atoms with Crippen molar-refractivity contribution in [1.82, 2.24) is 39.5 Å². The summed E-state index contributed by atoms with van der Waals surface area (Å²) in [5.41, 5.74) is 4.87. The summed E-state index contributed by atoms with van der Waals surface area (Å²) in [6.07, 6.45) is 8.06. The molecule has 0 spiro atoms. The Morgan fingerprint density at radius 2 is 1.48 bits per heavy atom. The molecule has 9 rings (SSSR count). The van der Waals surface area contributed by atoms with Crippen LogP contribution >= 0.6 is 24.8 Å². The number of anilines is 4. The number of hydrogen-bond acceptors (Lipinski definition) is 13. The Balaban J connectivity index is 0.00000281. The van der Waals surface area contributed by atoms with Gasteiger partial charge in [0.15, 0.2) is 5.78 Å². The molecule has 3 amide bonds. The smallest absolute Gasteiger partial charge is 0.263 e. The zero-order chi connectivity index (χ0) is 40.8. The van der Waals surface area contributed by atoms with E-state index in [2.05, 4.69) is 52.3 Å². The molecule has 18 heteroatoms. The van der Waals surface area contributed by atoms with Crippen LogP contribution in [0.1, 0.15) is 83.3 Å². The number of pyridine rings is 2. The van der Waals surface area contributed by atoms with E-state index in [1.807, 2.05) is 24.4 Å². The second-order valence-corrected chi connectivity index (χ2v) is 16.5. The Labute approximate surface area is 366 Å². The molecule has 4 aromatic rings. The van der Waals surface area contributed by atoms with Crippen molar-refractivity contribution >= 4 is 82.5 Å². The molecular weight excluding hydrogens is 821 g/mol. The SMILES string of the molecule is CC(=O)c1c(C)c2cnc(Nc3ccc(N4CCN(CCN5CCN(c6ccc7c(c6)CN(C6CCC(=O)NC6=O)C7=O)CC5)CC4)cn3)nc2n(C2CCCC2)c1=O.Cl.Cl. The highest BCUT2D eigenvalue weighted by molar-refractivity contribution is 6.05.